The molecule has 1 aromatic rings. The Morgan fingerprint density at radius 3 is 3.00 bits per heavy atom. The van der Waals surface area contributed by atoms with Crippen molar-refractivity contribution < 1.29 is 4.79 Å². The highest BCUT2D eigenvalue weighted by Crippen LogP contribution is 2.14. The molecule has 2 heterocycles. The average molecular weight is 247 g/mol. The third-order valence-electron chi connectivity index (χ3n) is 2.42. The number of carbonyl (C=O) groups excluding carboxylic acids is 1. The Bertz CT molecular complexity index is 296. The molecule has 1 aromatic heterocycles. The lowest BCUT2D eigenvalue weighted by molar-refractivity contribution is -0.118. The summed E-state index contributed by atoms with van der Waals surface area (Å²) in [4.78, 5) is 11.7. The number of rotatable bonds is 2. The maximum atomic E-state index is 11.7. The number of hydrogen-bond donors (Lipinski definition) is 2. The SMILES string of the molecule is Cl.O=C(Nc1ccsc1)[C@H]1CCCCN1. The first kappa shape index (κ1) is 12.5. The van der Waals surface area contributed by atoms with Crippen LogP contribution in [0.1, 0.15) is 19.3 Å². The molecule has 1 amide bonds. The van der Waals surface area contributed by atoms with Crippen LogP contribution in [-0.4, -0.2) is 18.5 Å². The van der Waals surface area contributed by atoms with Crippen LogP contribution in [0.2, 0.25) is 0 Å². The van der Waals surface area contributed by atoms with Crippen molar-refractivity contribution in [2.24, 2.45) is 0 Å². The minimum atomic E-state index is 0. The van der Waals surface area contributed by atoms with E-state index in [1.165, 1.54) is 6.42 Å². The fourth-order valence-electron chi connectivity index (χ4n) is 1.64. The van der Waals surface area contributed by atoms with Crippen LogP contribution in [0.3, 0.4) is 0 Å². The second-order valence-electron chi connectivity index (χ2n) is 3.50. The average Bonchev–Trinajstić information content (AvgIpc) is 2.72. The molecule has 2 N–H and O–H groups in total. The zero-order valence-corrected chi connectivity index (χ0v) is 10.00. The lowest BCUT2D eigenvalue weighted by atomic mass is 10.0. The van der Waals surface area contributed by atoms with Gasteiger partial charge in [-0.2, -0.15) is 11.3 Å². The first-order chi connectivity index (χ1) is 6.86. The molecular formula is C10H15ClN2OS. The summed E-state index contributed by atoms with van der Waals surface area (Å²) >= 11 is 1.59. The summed E-state index contributed by atoms with van der Waals surface area (Å²) in [6, 6.07) is 1.93. The summed E-state index contributed by atoms with van der Waals surface area (Å²) in [7, 11) is 0. The van der Waals surface area contributed by atoms with Crippen LogP contribution in [0, 0.1) is 0 Å². The molecule has 1 aliphatic rings. The predicted molar refractivity (Wildman–Crippen MR) is 65.8 cm³/mol. The number of thiophene rings is 1. The van der Waals surface area contributed by atoms with Crippen LogP contribution < -0.4 is 10.6 Å². The standard InChI is InChI=1S/C10H14N2OS.ClH/c13-10(9-3-1-2-5-11-9)12-8-4-6-14-7-8;/h4,6-7,9,11H,1-3,5H2,(H,12,13);1H/t9-;/m1./s1. The minimum absolute atomic E-state index is 0. The van der Waals surface area contributed by atoms with Gasteiger partial charge in [0.05, 0.1) is 11.7 Å². The van der Waals surface area contributed by atoms with E-state index in [2.05, 4.69) is 10.6 Å². The molecule has 1 saturated heterocycles. The summed E-state index contributed by atoms with van der Waals surface area (Å²) in [6.07, 6.45) is 3.28. The van der Waals surface area contributed by atoms with E-state index in [9.17, 15) is 4.79 Å². The Kier molecular flexibility index (Phi) is 5.08. The quantitative estimate of drug-likeness (QED) is 0.841. The van der Waals surface area contributed by atoms with Crippen molar-refractivity contribution in [3.8, 4) is 0 Å². The van der Waals surface area contributed by atoms with Gasteiger partial charge in [-0.15, -0.1) is 12.4 Å². The molecule has 0 radical (unpaired) electrons. The van der Waals surface area contributed by atoms with Gasteiger partial charge >= 0.3 is 0 Å². The lowest BCUT2D eigenvalue weighted by Crippen LogP contribution is -2.43. The molecule has 0 unspecified atom stereocenters. The van der Waals surface area contributed by atoms with E-state index in [1.807, 2.05) is 16.8 Å². The Morgan fingerprint density at radius 1 is 1.53 bits per heavy atom. The van der Waals surface area contributed by atoms with Gasteiger partial charge in [0.15, 0.2) is 0 Å². The molecule has 3 nitrogen and oxygen atoms in total. The van der Waals surface area contributed by atoms with E-state index in [1.54, 1.807) is 11.3 Å². The number of nitrogens with one attached hydrogen (secondary N) is 2. The van der Waals surface area contributed by atoms with Gasteiger partial charge in [0.2, 0.25) is 5.91 Å². The smallest absolute Gasteiger partial charge is 0.241 e. The Morgan fingerprint density at radius 2 is 2.40 bits per heavy atom. The number of anilines is 1. The highest BCUT2D eigenvalue weighted by molar-refractivity contribution is 7.08. The third-order valence-corrected chi connectivity index (χ3v) is 3.10. The van der Waals surface area contributed by atoms with Crippen LogP contribution in [0.15, 0.2) is 16.8 Å². The maximum Gasteiger partial charge on any atom is 0.241 e. The van der Waals surface area contributed by atoms with Gasteiger partial charge in [0.1, 0.15) is 0 Å². The van der Waals surface area contributed by atoms with E-state index >= 15 is 0 Å². The normalized spacial score (nSPS) is 20.4. The van der Waals surface area contributed by atoms with Crippen molar-refractivity contribution in [1.82, 2.24) is 5.32 Å². The van der Waals surface area contributed by atoms with Crippen molar-refractivity contribution in [3.05, 3.63) is 16.8 Å². The molecule has 15 heavy (non-hydrogen) atoms. The van der Waals surface area contributed by atoms with E-state index in [0.29, 0.717) is 0 Å². The van der Waals surface area contributed by atoms with Crippen LogP contribution in [-0.2, 0) is 4.79 Å². The molecule has 5 heteroatoms. The van der Waals surface area contributed by atoms with Crippen molar-refractivity contribution in [2.75, 3.05) is 11.9 Å². The lowest BCUT2D eigenvalue weighted by Gasteiger charge is -2.22. The molecule has 0 saturated carbocycles. The summed E-state index contributed by atoms with van der Waals surface area (Å²) in [5.74, 6) is 0.100. The number of hydrogen-bond acceptors (Lipinski definition) is 3. The highest BCUT2D eigenvalue weighted by Gasteiger charge is 2.20. The second-order valence-corrected chi connectivity index (χ2v) is 4.28. The Hall–Kier alpha value is -0.580. The molecule has 0 spiro atoms. The van der Waals surface area contributed by atoms with Crippen molar-refractivity contribution in [3.63, 3.8) is 0 Å². The van der Waals surface area contributed by atoms with Crippen LogP contribution in [0.5, 0.6) is 0 Å². The molecule has 2 rings (SSSR count). The van der Waals surface area contributed by atoms with Gasteiger partial charge in [-0.25, -0.2) is 0 Å². The topological polar surface area (TPSA) is 41.1 Å². The van der Waals surface area contributed by atoms with E-state index in [0.717, 1.165) is 25.1 Å². The van der Waals surface area contributed by atoms with Crippen molar-refractivity contribution in [2.45, 2.75) is 25.3 Å². The monoisotopic (exact) mass is 246 g/mol. The molecule has 1 atom stereocenters. The fourth-order valence-corrected chi connectivity index (χ4v) is 2.23. The summed E-state index contributed by atoms with van der Waals surface area (Å²) in [5.41, 5.74) is 0.910. The van der Waals surface area contributed by atoms with Gasteiger partial charge in [0.25, 0.3) is 0 Å². The second kappa shape index (κ2) is 6.10. The molecule has 0 bridgehead atoms. The third kappa shape index (κ3) is 3.48. The Balaban J connectivity index is 0.00000112. The molecule has 0 aliphatic carbocycles. The largest absolute Gasteiger partial charge is 0.324 e. The molecule has 84 valence electrons. The summed E-state index contributed by atoms with van der Waals surface area (Å²) in [5, 5.41) is 10.0. The van der Waals surface area contributed by atoms with Crippen molar-refractivity contribution >= 4 is 35.3 Å². The van der Waals surface area contributed by atoms with Gasteiger partial charge in [-0.1, -0.05) is 6.42 Å². The highest BCUT2D eigenvalue weighted by atomic mass is 35.5. The van der Waals surface area contributed by atoms with E-state index < -0.39 is 0 Å². The van der Waals surface area contributed by atoms with Crippen molar-refractivity contribution in [1.29, 1.82) is 0 Å². The van der Waals surface area contributed by atoms with Crippen LogP contribution in [0.25, 0.3) is 0 Å². The van der Waals surface area contributed by atoms with Gasteiger partial charge < -0.3 is 10.6 Å². The molecule has 1 aliphatic heterocycles. The Labute approximate surface area is 99.7 Å². The molecule has 1 fully saturated rings. The summed E-state index contributed by atoms with van der Waals surface area (Å²) < 4.78 is 0. The zero-order chi connectivity index (χ0) is 9.80. The summed E-state index contributed by atoms with van der Waals surface area (Å²) in [6.45, 7) is 0.960. The predicted octanol–water partition coefficient (Wildman–Crippen LogP) is 2.25. The first-order valence-electron chi connectivity index (χ1n) is 4.93. The van der Waals surface area contributed by atoms with Gasteiger partial charge in [0, 0.05) is 5.38 Å². The zero-order valence-electron chi connectivity index (χ0n) is 8.36. The first-order valence-corrected chi connectivity index (χ1v) is 5.87. The van der Waals surface area contributed by atoms with Crippen LogP contribution >= 0.6 is 23.7 Å². The maximum absolute atomic E-state index is 11.7. The van der Waals surface area contributed by atoms with Crippen LogP contribution in [0.4, 0.5) is 5.69 Å². The number of piperidine rings is 1. The fraction of sp³-hybridized carbons (Fsp3) is 0.500. The number of carbonyl (C=O) groups is 1. The minimum Gasteiger partial charge on any atom is -0.324 e. The number of halogens is 1. The van der Waals surface area contributed by atoms with E-state index in [4.69, 9.17) is 0 Å². The van der Waals surface area contributed by atoms with Gasteiger partial charge in [-0.3, -0.25) is 4.79 Å². The van der Waals surface area contributed by atoms with Gasteiger partial charge in [-0.05, 0) is 30.8 Å². The number of amides is 1. The molecule has 0 aromatic carbocycles. The molecular weight excluding hydrogens is 232 g/mol. The van der Waals surface area contributed by atoms with E-state index in [-0.39, 0.29) is 24.4 Å².